The van der Waals surface area contributed by atoms with E-state index in [1.807, 2.05) is 11.9 Å². The average molecular weight is 278 g/mol. The lowest BCUT2D eigenvalue weighted by Crippen LogP contribution is -2.20. The van der Waals surface area contributed by atoms with Crippen molar-refractivity contribution < 1.29 is 0 Å². The third-order valence-corrected chi connectivity index (χ3v) is 3.02. The molecule has 0 aliphatic heterocycles. The molecule has 100 valence electrons. The largest absolute Gasteiger partial charge is 0.354 e. The van der Waals surface area contributed by atoms with Gasteiger partial charge in [0.05, 0.1) is 6.20 Å². The van der Waals surface area contributed by atoms with Crippen LogP contribution in [0.5, 0.6) is 0 Å². The first-order valence-electron chi connectivity index (χ1n) is 5.86. The summed E-state index contributed by atoms with van der Waals surface area (Å²) >= 11 is 6.10. The van der Waals surface area contributed by atoms with Gasteiger partial charge in [-0.05, 0) is 12.5 Å². The summed E-state index contributed by atoms with van der Waals surface area (Å²) in [7, 11) is 1.92. The van der Waals surface area contributed by atoms with Gasteiger partial charge in [0.15, 0.2) is 5.82 Å². The molecule has 0 amide bonds. The number of hydrazine groups is 1. The van der Waals surface area contributed by atoms with Crippen LogP contribution in [0.15, 0.2) is 30.5 Å². The van der Waals surface area contributed by atoms with Gasteiger partial charge in [0.1, 0.15) is 5.02 Å². The molecule has 1 heterocycles. The second-order valence-corrected chi connectivity index (χ2v) is 4.76. The van der Waals surface area contributed by atoms with Crippen LogP contribution in [-0.2, 0) is 6.54 Å². The summed E-state index contributed by atoms with van der Waals surface area (Å²) in [4.78, 5) is 10.2. The molecule has 0 saturated heterocycles. The van der Waals surface area contributed by atoms with E-state index in [0.717, 1.165) is 0 Å². The van der Waals surface area contributed by atoms with Crippen molar-refractivity contribution in [2.75, 3.05) is 17.4 Å². The molecule has 1 aromatic heterocycles. The maximum Gasteiger partial charge on any atom is 0.239 e. The van der Waals surface area contributed by atoms with E-state index in [9.17, 15) is 0 Å². The minimum atomic E-state index is 0.343. The fourth-order valence-corrected chi connectivity index (χ4v) is 1.97. The maximum atomic E-state index is 6.10. The quantitative estimate of drug-likeness (QED) is 0.663. The van der Waals surface area contributed by atoms with Crippen LogP contribution in [0.25, 0.3) is 0 Å². The highest BCUT2D eigenvalue weighted by atomic mass is 35.5. The van der Waals surface area contributed by atoms with Gasteiger partial charge < -0.3 is 4.90 Å². The lowest BCUT2D eigenvalue weighted by atomic mass is 10.1. The van der Waals surface area contributed by atoms with Crippen LogP contribution >= 0.6 is 11.6 Å². The van der Waals surface area contributed by atoms with Crippen LogP contribution in [0.3, 0.4) is 0 Å². The first-order valence-corrected chi connectivity index (χ1v) is 6.24. The van der Waals surface area contributed by atoms with Gasteiger partial charge in [0.2, 0.25) is 5.95 Å². The Labute approximate surface area is 117 Å². The van der Waals surface area contributed by atoms with Crippen molar-refractivity contribution in [1.82, 2.24) is 9.97 Å². The number of aryl methyl sites for hydroxylation is 1. The average Bonchev–Trinajstić information content (AvgIpc) is 2.42. The van der Waals surface area contributed by atoms with Gasteiger partial charge in [-0.2, -0.15) is 4.98 Å². The molecule has 19 heavy (non-hydrogen) atoms. The Kier molecular flexibility index (Phi) is 4.19. The van der Waals surface area contributed by atoms with E-state index < -0.39 is 0 Å². The second-order valence-electron chi connectivity index (χ2n) is 4.35. The van der Waals surface area contributed by atoms with Gasteiger partial charge in [0, 0.05) is 13.6 Å². The Morgan fingerprint density at radius 1 is 1.32 bits per heavy atom. The summed E-state index contributed by atoms with van der Waals surface area (Å²) in [5.41, 5.74) is 4.84. The van der Waals surface area contributed by atoms with Gasteiger partial charge in [-0.15, -0.1) is 0 Å². The Hall–Kier alpha value is -1.85. The highest BCUT2D eigenvalue weighted by Gasteiger charge is 2.10. The molecule has 2 rings (SSSR count). The highest BCUT2D eigenvalue weighted by Crippen LogP contribution is 2.23. The third-order valence-electron chi connectivity index (χ3n) is 2.76. The fraction of sp³-hybridized carbons (Fsp3) is 0.231. The number of nitrogen functional groups attached to an aromatic ring is 1. The van der Waals surface area contributed by atoms with Crippen molar-refractivity contribution in [3.05, 3.63) is 46.6 Å². The number of hydrogen-bond donors (Lipinski definition) is 2. The minimum Gasteiger partial charge on any atom is -0.354 e. The SMILES string of the molecule is Cc1ccc(CN(C)c2nc(NN)ncc2Cl)cc1. The van der Waals surface area contributed by atoms with Gasteiger partial charge >= 0.3 is 0 Å². The summed E-state index contributed by atoms with van der Waals surface area (Å²) < 4.78 is 0. The number of benzene rings is 1. The number of rotatable bonds is 4. The van der Waals surface area contributed by atoms with E-state index in [1.54, 1.807) is 0 Å². The molecule has 2 aromatic rings. The van der Waals surface area contributed by atoms with Gasteiger partial charge in [-0.1, -0.05) is 41.4 Å². The second kappa shape index (κ2) is 5.86. The molecule has 0 bridgehead atoms. The standard InChI is InChI=1S/C13H16ClN5/c1-9-3-5-10(6-4-9)8-19(2)12-11(14)7-16-13(17-12)18-15/h3-7H,8,15H2,1-2H3,(H,16,17,18). The minimum absolute atomic E-state index is 0.343. The van der Waals surface area contributed by atoms with Crippen molar-refractivity contribution in [2.45, 2.75) is 13.5 Å². The summed E-state index contributed by atoms with van der Waals surface area (Å²) in [6.07, 6.45) is 1.53. The van der Waals surface area contributed by atoms with Crippen LogP contribution in [0.2, 0.25) is 5.02 Å². The number of nitrogens with zero attached hydrogens (tertiary/aromatic N) is 3. The summed E-state index contributed by atoms with van der Waals surface area (Å²) in [5, 5.41) is 0.494. The fourth-order valence-electron chi connectivity index (χ4n) is 1.74. The number of anilines is 2. The summed E-state index contributed by atoms with van der Waals surface area (Å²) in [6, 6.07) is 8.33. The van der Waals surface area contributed by atoms with E-state index >= 15 is 0 Å². The normalized spacial score (nSPS) is 10.3. The van der Waals surface area contributed by atoms with Crippen molar-refractivity contribution in [2.24, 2.45) is 5.84 Å². The summed E-state index contributed by atoms with van der Waals surface area (Å²) in [6.45, 7) is 2.77. The third kappa shape index (κ3) is 3.33. The first kappa shape index (κ1) is 13.6. The Bertz CT molecular complexity index is 555. The van der Waals surface area contributed by atoms with Crippen molar-refractivity contribution in [3.63, 3.8) is 0 Å². The smallest absolute Gasteiger partial charge is 0.239 e. The molecular weight excluding hydrogens is 262 g/mol. The van der Waals surface area contributed by atoms with Crippen LogP contribution in [0.4, 0.5) is 11.8 Å². The highest BCUT2D eigenvalue weighted by molar-refractivity contribution is 6.32. The molecule has 0 saturated carbocycles. The number of nitrogens with one attached hydrogen (secondary N) is 1. The van der Waals surface area contributed by atoms with Crippen LogP contribution < -0.4 is 16.2 Å². The lowest BCUT2D eigenvalue weighted by molar-refractivity contribution is 0.890. The molecule has 0 unspecified atom stereocenters. The first-order chi connectivity index (χ1) is 9.10. The van der Waals surface area contributed by atoms with Crippen molar-refractivity contribution >= 4 is 23.4 Å². The zero-order valence-electron chi connectivity index (χ0n) is 10.9. The van der Waals surface area contributed by atoms with Gasteiger partial charge in [-0.3, -0.25) is 5.43 Å². The number of halogens is 1. The lowest BCUT2D eigenvalue weighted by Gasteiger charge is -2.19. The Balaban J connectivity index is 2.19. The van der Waals surface area contributed by atoms with Crippen LogP contribution in [0, 0.1) is 6.92 Å². The van der Waals surface area contributed by atoms with Crippen molar-refractivity contribution in [1.29, 1.82) is 0 Å². The Morgan fingerprint density at radius 3 is 2.63 bits per heavy atom. The molecule has 0 radical (unpaired) electrons. The molecule has 5 nitrogen and oxygen atoms in total. The molecule has 1 aromatic carbocycles. The molecule has 0 aliphatic rings. The molecule has 0 spiro atoms. The Morgan fingerprint density at radius 2 is 2.00 bits per heavy atom. The monoisotopic (exact) mass is 277 g/mol. The van der Waals surface area contributed by atoms with E-state index in [2.05, 4.69) is 46.6 Å². The summed E-state index contributed by atoms with van der Waals surface area (Å²) in [5.74, 6) is 6.29. The van der Waals surface area contributed by atoms with Gasteiger partial charge in [0.25, 0.3) is 0 Å². The molecule has 0 aliphatic carbocycles. The maximum absolute atomic E-state index is 6.10. The van der Waals surface area contributed by atoms with Crippen LogP contribution in [0.1, 0.15) is 11.1 Å². The van der Waals surface area contributed by atoms with Crippen molar-refractivity contribution in [3.8, 4) is 0 Å². The van der Waals surface area contributed by atoms with Gasteiger partial charge in [-0.25, -0.2) is 10.8 Å². The van der Waals surface area contributed by atoms with E-state index in [1.165, 1.54) is 17.3 Å². The predicted octanol–water partition coefficient (Wildman–Crippen LogP) is 2.36. The molecule has 6 heteroatoms. The molecule has 3 N–H and O–H groups in total. The van der Waals surface area contributed by atoms with Crippen LogP contribution in [-0.4, -0.2) is 17.0 Å². The number of aromatic nitrogens is 2. The number of hydrogen-bond acceptors (Lipinski definition) is 5. The zero-order valence-corrected chi connectivity index (χ0v) is 11.6. The predicted molar refractivity (Wildman–Crippen MR) is 78.1 cm³/mol. The van der Waals surface area contributed by atoms with E-state index in [-0.39, 0.29) is 0 Å². The zero-order chi connectivity index (χ0) is 13.8. The number of nitrogens with two attached hydrogens (primary N) is 1. The van der Waals surface area contributed by atoms with E-state index in [4.69, 9.17) is 17.4 Å². The molecule has 0 fully saturated rings. The molecular formula is C13H16ClN5. The van der Waals surface area contributed by atoms with E-state index in [0.29, 0.717) is 23.3 Å². The topological polar surface area (TPSA) is 67.1 Å². The molecule has 0 atom stereocenters.